The minimum Gasteiger partial charge on any atom is -0.481 e. The molecule has 0 saturated heterocycles. The third-order valence-corrected chi connectivity index (χ3v) is 3.26. The van der Waals surface area contributed by atoms with Crippen LogP contribution < -0.4 is 10.6 Å². The smallest absolute Gasteiger partial charge is 0.315 e. The number of carboxylic acids is 1. The van der Waals surface area contributed by atoms with E-state index < -0.39 is 5.97 Å². The molecule has 0 unspecified atom stereocenters. The zero-order chi connectivity index (χ0) is 13.3. The molecule has 5 nitrogen and oxygen atoms in total. The van der Waals surface area contributed by atoms with Gasteiger partial charge in [0.25, 0.3) is 0 Å². The molecule has 0 aromatic carbocycles. The molecular formula is C12H24N2O3. The highest BCUT2D eigenvalue weighted by Crippen LogP contribution is 2.18. The predicted molar refractivity (Wildman–Crippen MR) is 67.0 cm³/mol. The molecule has 5 heteroatoms. The summed E-state index contributed by atoms with van der Waals surface area (Å²) in [6, 6.07) is -0.207. The lowest BCUT2D eigenvalue weighted by molar-refractivity contribution is -0.137. The van der Waals surface area contributed by atoms with Crippen molar-refractivity contribution < 1.29 is 14.7 Å². The van der Waals surface area contributed by atoms with E-state index in [1.807, 2.05) is 0 Å². The van der Waals surface area contributed by atoms with Gasteiger partial charge in [0, 0.05) is 18.5 Å². The molecule has 0 aliphatic carbocycles. The second kappa shape index (κ2) is 7.92. The van der Waals surface area contributed by atoms with Crippen molar-refractivity contribution in [2.24, 2.45) is 0 Å². The Bertz CT molecular complexity index is 242. The standard InChI is InChI=1S/C12H24N2O3/c1-4-12(5-2,6-3)14-11(17)13-9-7-8-10(15)16/h4-9H2,1-3H3,(H,15,16)(H2,13,14,17). The highest BCUT2D eigenvalue weighted by atomic mass is 16.4. The number of hydrogen-bond acceptors (Lipinski definition) is 2. The normalized spacial score (nSPS) is 11.0. The van der Waals surface area contributed by atoms with Gasteiger partial charge >= 0.3 is 12.0 Å². The van der Waals surface area contributed by atoms with Crippen LogP contribution >= 0.6 is 0 Å². The van der Waals surface area contributed by atoms with Gasteiger partial charge in [-0.25, -0.2) is 4.79 Å². The van der Waals surface area contributed by atoms with E-state index in [4.69, 9.17) is 5.11 Å². The third kappa shape index (κ3) is 6.14. The van der Waals surface area contributed by atoms with Gasteiger partial charge < -0.3 is 15.7 Å². The van der Waals surface area contributed by atoms with Crippen LogP contribution in [0.15, 0.2) is 0 Å². The van der Waals surface area contributed by atoms with Gasteiger partial charge in [0.2, 0.25) is 0 Å². The monoisotopic (exact) mass is 244 g/mol. The summed E-state index contributed by atoms with van der Waals surface area (Å²) in [7, 11) is 0. The lowest BCUT2D eigenvalue weighted by atomic mass is 9.90. The molecule has 0 bridgehead atoms. The van der Waals surface area contributed by atoms with E-state index in [0.29, 0.717) is 13.0 Å². The van der Waals surface area contributed by atoms with Crippen LogP contribution in [-0.2, 0) is 4.79 Å². The van der Waals surface area contributed by atoms with Crippen LogP contribution in [0.1, 0.15) is 52.9 Å². The van der Waals surface area contributed by atoms with Gasteiger partial charge in [-0.3, -0.25) is 4.79 Å². The van der Waals surface area contributed by atoms with E-state index in [9.17, 15) is 9.59 Å². The first-order valence-corrected chi connectivity index (χ1v) is 6.27. The zero-order valence-corrected chi connectivity index (χ0v) is 11.0. The summed E-state index contributed by atoms with van der Waals surface area (Å²) in [5, 5.41) is 14.1. The lowest BCUT2D eigenvalue weighted by Gasteiger charge is -2.31. The highest BCUT2D eigenvalue weighted by Gasteiger charge is 2.25. The van der Waals surface area contributed by atoms with Crippen LogP contribution in [0.2, 0.25) is 0 Å². The lowest BCUT2D eigenvalue weighted by Crippen LogP contribution is -2.51. The molecule has 0 aliphatic heterocycles. The molecule has 0 atom stereocenters. The molecule has 2 amide bonds. The third-order valence-electron chi connectivity index (χ3n) is 3.26. The molecule has 17 heavy (non-hydrogen) atoms. The van der Waals surface area contributed by atoms with Crippen molar-refractivity contribution in [3.63, 3.8) is 0 Å². The fourth-order valence-corrected chi connectivity index (χ4v) is 1.74. The van der Waals surface area contributed by atoms with Gasteiger partial charge in [-0.1, -0.05) is 20.8 Å². The Hall–Kier alpha value is -1.26. The Morgan fingerprint density at radius 2 is 1.65 bits per heavy atom. The number of urea groups is 1. The fourth-order valence-electron chi connectivity index (χ4n) is 1.74. The zero-order valence-electron chi connectivity index (χ0n) is 11.0. The van der Waals surface area contributed by atoms with Crippen molar-refractivity contribution in [1.82, 2.24) is 10.6 Å². The van der Waals surface area contributed by atoms with Gasteiger partial charge in [-0.15, -0.1) is 0 Å². The van der Waals surface area contributed by atoms with Crippen molar-refractivity contribution in [1.29, 1.82) is 0 Å². The molecule has 0 aromatic heterocycles. The molecular weight excluding hydrogens is 220 g/mol. The van der Waals surface area contributed by atoms with Gasteiger partial charge in [-0.05, 0) is 25.7 Å². The minimum absolute atomic E-state index is 0.0841. The number of carbonyl (C=O) groups excluding carboxylic acids is 1. The molecule has 0 fully saturated rings. The average molecular weight is 244 g/mol. The molecule has 0 aromatic rings. The molecule has 0 spiro atoms. The Balaban J connectivity index is 3.95. The molecule has 0 saturated carbocycles. The second-order valence-electron chi connectivity index (χ2n) is 4.22. The van der Waals surface area contributed by atoms with Crippen LogP contribution in [-0.4, -0.2) is 29.2 Å². The Kier molecular flexibility index (Phi) is 7.34. The average Bonchev–Trinajstić information content (AvgIpc) is 2.32. The van der Waals surface area contributed by atoms with Crippen LogP contribution in [0.25, 0.3) is 0 Å². The SMILES string of the molecule is CCC(CC)(CC)NC(=O)NCCCC(=O)O. The summed E-state index contributed by atoms with van der Waals surface area (Å²) in [6.07, 6.45) is 3.22. The first kappa shape index (κ1) is 15.7. The first-order valence-electron chi connectivity index (χ1n) is 6.27. The number of amides is 2. The summed E-state index contributed by atoms with van der Waals surface area (Å²) < 4.78 is 0. The summed E-state index contributed by atoms with van der Waals surface area (Å²) in [5.41, 5.74) is -0.142. The van der Waals surface area contributed by atoms with Crippen LogP contribution in [0.5, 0.6) is 0 Å². The van der Waals surface area contributed by atoms with Crippen molar-refractivity contribution in [2.45, 2.75) is 58.4 Å². The number of nitrogens with one attached hydrogen (secondary N) is 2. The van der Waals surface area contributed by atoms with E-state index in [0.717, 1.165) is 19.3 Å². The fraction of sp³-hybridized carbons (Fsp3) is 0.833. The first-order chi connectivity index (χ1) is 7.99. The maximum absolute atomic E-state index is 11.6. The Labute approximate surface area is 103 Å². The van der Waals surface area contributed by atoms with Crippen molar-refractivity contribution >= 4 is 12.0 Å². The molecule has 0 aliphatic rings. The number of hydrogen-bond donors (Lipinski definition) is 3. The topological polar surface area (TPSA) is 78.4 Å². The van der Waals surface area contributed by atoms with E-state index >= 15 is 0 Å². The van der Waals surface area contributed by atoms with Gasteiger partial charge in [0.15, 0.2) is 0 Å². The Morgan fingerprint density at radius 1 is 1.12 bits per heavy atom. The van der Waals surface area contributed by atoms with Crippen LogP contribution in [0.3, 0.4) is 0 Å². The van der Waals surface area contributed by atoms with E-state index in [1.54, 1.807) is 0 Å². The number of carbonyl (C=O) groups is 2. The van der Waals surface area contributed by atoms with Gasteiger partial charge in [0.05, 0.1) is 0 Å². The van der Waals surface area contributed by atoms with Gasteiger partial charge in [-0.2, -0.15) is 0 Å². The second-order valence-corrected chi connectivity index (χ2v) is 4.22. The molecule has 0 radical (unpaired) electrons. The quantitative estimate of drug-likeness (QED) is 0.572. The maximum Gasteiger partial charge on any atom is 0.315 e. The van der Waals surface area contributed by atoms with Gasteiger partial charge in [0.1, 0.15) is 0 Å². The number of rotatable bonds is 8. The summed E-state index contributed by atoms with van der Waals surface area (Å²) >= 11 is 0. The largest absolute Gasteiger partial charge is 0.481 e. The summed E-state index contributed by atoms with van der Waals surface area (Å²) in [6.45, 7) is 6.55. The van der Waals surface area contributed by atoms with E-state index in [2.05, 4.69) is 31.4 Å². The number of aliphatic carboxylic acids is 1. The van der Waals surface area contributed by atoms with Crippen LogP contribution in [0.4, 0.5) is 4.79 Å². The molecule has 100 valence electrons. The highest BCUT2D eigenvalue weighted by molar-refractivity contribution is 5.74. The molecule has 3 N–H and O–H groups in total. The predicted octanol–water partition coefficient (Wildman–Crippen LogP) is 2.12. The summed E-state index contributed by atoms with van der Waals surface area (Å²) in [4.78, 5) is 21.9. The Morgan fingerprint density at radius 3 is 2.06 bits per heavy atom. The maximum atomic E-state index is 11.6. The van der Waals surface area contributed by atoms with Crippen molar-refractivity contribution in [3.05, 3.63) is 0 Å². The van der Waals surface area contributed by atoms with Crippen molar-refractivity contribution in [3.8, 4) is 0 Å². The van der Waals surface area contributed by atoms with E-state index in [-0.39, 0.29) is 18.0 Å². The molecule has 0 heterocycles. The number of carboxylic acid groups (broad SMARTS) is 1. The minimum atomic E-state index is -0.836. The summed E-state index contributed by atoms with van der Waals surface area (Å²) in [5.74, 6) is -0.836. The van der Waals surface area contributed by atoms with Crippen molar-refractivity contribution in [2.75, 3.05) is 6.54 Å². The molecule has 0 rings (SSSR count). The van der Waals surface area contributed by atoms with Crippen LogP contribution in [0, 0.1) is 0 Å². The van der Waals surface area contributed by atoms with E-state index in [1.165, 1.54) is 0 Å².